The van der Waals surface area contributed by atoms with Gasteiger partial charge in [0.25, 0.3) is 0 Å². The second kappa shape index (κ2) is 7.42. The number of carbonyl (C=O) groups excluding carboxylic acids is 2. The smallest absolute Gasteiger partial charge is 0.229 e. The predicted molar refractivity (Wildman–Crippen MR) is 95.0 cm³/mol. The average molecular weight is 381 g/mol. The van der Waals surface area contributed by atoms with E-state index in [1.165, 1.54) is 11.0 Å². The molecule has 1 N–H and O–H groups in total. The summed E-state index contributed by atoms with van der Waals surface area (Å²) in [5.41, 5.74) is 0.828. The third-order valence-electron chi connectivity index (χ3n) is 4.09. The fourth-order valence-electron chi connectivity index (χ4n) is 2.76. The van der Waals surface area contributed by atoms with Crippen LogP contribution >= 0.6 is 23.2 Å². The van der Waals surface area contributed by atoms with Crippen molar-refractivity contribution >= 4 is 40.7 Å². The van der Waals surface area contributed by atoms with E-state index in [4.69, 9.17) is 23.2 Å². The molecule has 1 aliphatic rings. The number of likely N-dealkylation sites (tertiary alicyclic amines) is 1. The molecule has 0 radical (unpaired) electrons. The van der Waals surface area contributed by atoms with E-state index in [0.29, 0.717) is 21.3 Å². The van der Waals surface area contributed by atoms with Crippen molar-refractivity contribution < 1.29 is 14.0 Å². The largest absolute Gasteiger partial charge is 0.337 e. The van der Waals surface area contributed by atoms with Crippen molar-refractivity contribution in [3.05, 3.63) is 63.9 Å². The first kappa shape index (κ1) is 17.7. The van der Waals surface area contributed by atoms with E-state index in [1.807, 2.05) is 0 Å². The van der Waals surface area contributed by atoms with E-state index in [0.717, 1.165) is 0 Å². The van der Waals surface area contributed by atoms with Crippen LogP contribution in [0.3, 0.4) is 0 Å². The Labute approximate surface area is 154 Å². The minimum atomic E-state index is -0.519. The number of rotatable bonds is 4. The summed E-state index contributed by atoms with van der Waals surface area (Å²) in [5, 5.41) is 3.51. The molecule has 1 atom stereocenters. The normalized spacial score (nSPS) is 17.0. The highest BCUT2D eigenvalue weighted by atomic mass is 35.5. The molecule has 1 fully saturated rings. The van der Waals surface area contributed by atoms with Gasteiger partial charge in [-0.05, 0) is 24.3 Å². The van der Waals surface area contributed by atoms with E-state index in [9.17, 15) is 14.0 Å². The van der Waals surface area contributed by atoms with Crippen molar-refractivity contribution in [3.63, 3.8) is 0 Å². The summed E-state index contributed by atoms with van der Waals surface area (Å²) in [7, 11) is 0. The Bertz CT molecular complexity index is 828. The highest BCUT2D eigenvalue weighted by molar-refractivity contribution is 6.35. The molecule has 130 valence electrons. The monoisotopic (exact) mass is 380 g/mol. The molecule has 1 aliphatic heterocycles. The maximum atomic E-state index is 13.8. The first-order valence-electron chi connectivity index (χ1n) is 7.71. The Kier molecular flexibility index (Phi) is 5.25. The number of nitrogens with zero attached hydrogens (tertiary/aromatic N) is 1. The first-order valence-corrected chi connectivity index (χ1v) is 8.46. The topological polar surface area (TPSA) is 49.4 Å². The molecule has 1 saturated heterocycles. The number of hydrogen-bond acceptors (Lipinski definition) is 2. The molecule has 0 saturated carbocycles. The molecule has 1 heterocycles. The Morgan fingerprint density at radius 3 is 2.76 bits per heavy atom. The Morgan fingerprint density at radius 2 is 2.00 bits per heavy atom. The summed E-state index contributed by atoms with van der Waals surface area (Å²) in [5.74, 6) is -1.38. The summed E-state index contributed by atoms with van der Waals surface area (Å²) in [6, 6.07) is 11.0. The zero-order valence-corrected chi connectivity index (χ0v) is 14.6. The van der Waals surface area contributed by atoms with Gasteiger partial charge in [0.1, 0.15) is 5.82 Å². The number of carbonyl (C=O) groups is 2. The van der Waals surface area contributed by atoms with Crippen LogP contribution in [0.5, 0.6) is 0 Å². The average Bonchev–Trinajstić information content (AvgIpc) is 2.94. The molecule has 2 aromatic rings. The van der Waals surface area contributed by atoms with E-state index >= 15 is 0 Å². The first-order chi connectivity index (χ1) is 11.9. The molecular formula is C18H15Cl2FN2O2. The SMILES string of the molecule is O=C(Nc1cc(Cl)ccc1Cl)C1CC(=O)N(Cc2ccccc2F)C1. The van der Waals surface area contributed by atoms with E-state index in [1.54, 1.807) is 36.4 Å². The fourth-order valence-corrected chi connectivity index (χ4v) is 3.10. The Hall–Kier alpha value is -2.11. The summed E-state index contributed by atoms with van der Waals surface area (Å²) in [6.07, 6.45) is 0.0818. The molecule has 4 nitrogen and oxygen atoms in total. The highest BCUT2D eigenvalue weighted by Crippen LogP contribution is 2.28. The molecule has 7 heteroatoms. The molecule has 2 amide bonds. The lowest BCUT2D eigenvalue weighted by molar-refractivity contribution is -0.128. The summed E-state index contributed by atoms with van der Waals surface area (Å²) in [4.78, 5) is 26.1. The molecule has 2 aromatic carbocycles. The van der Waals surface area contributed by atoms with Crippen LogP contribution in [-0.2, 0) is 16.1 Å². The highest BCUT2D eigenvalue weighted by Gasteiger charge is 2.34. The van der Waals surface area contributed by atoms with Crippen LogP contribution in [0, 0.1) is 11.7 Å². The molecular weight excluding hydrogens is 366 g/mol. The summed E-state index contributed by atoms with van der Waals surface area (Å²) in [6.45, 7) is 0.379. The van der Waals surface area contributed by atoms with E-state index in [2.05, 4.69) is 5.32 Å². The van der Waals surface area contributed by atoms with Gasteiger partial charge in [0, 0.05) is 30.1 Å². The van der Waals surface area contributed by atoms with Crippen molar-refractivity contribution in [1.82, 2.24) is 4.90 Å². The van der Waals surface area contributed by atoms with Gasteiger partial charge < -0.3 is 10.2 Å². The van der Waals surface area contributed by atoms with Crippen LogP contribution in [0.2, 0.25) is 10.0 Å². The second-order valence-corrected chi connectivity index (χ2v) is 6.72. The lowest BCUT2D eigenvalue weighted by Crippen LogP contribution is -2.28. The molecule has 1 unspecified atom stereocenters. The van der Waals surface area contributed by atoms with Crippen LogP contribution < -0.4 is 5.32 Å². The van der Waals surface area contributed by atoms with Gasteiger partial charge in [0.2, 0.25) is 11.8 Å². The van der Waals surface area contributed by atoms with Gasteiger partial charge in [-0.3, -0.25) is 9.59 Å². The minimum absolute atomic E-state index is 0.0818. The van der Waals surface area contributed by atoms with Gasteiger partial charge in [0.05, 0.1) is 16.6 Å². The fraction of sp³-hybridized carbons (Fsp3) is 0.222. The van der Waals surface area contributed by atoms with Gasteiger partial charge in [0.15, 0.2) is 0 Å². The molecule has 0 spiro atoms. The third kappa shape index (κ3) is 4.11. The number of halogens is 3. The van der Waals surface area contributed by atoms with Gasteiger partial charge in [-0.1, -0.05) is 41.4 Å². The van der Waals surface area contributed by atoms with Crippen molar-refractivity contribution in [2.75, 3.05) is 11.9 Å². The third-order valence-corrected chi connectivity index (χ3v) is 4.66. The van der Waals surface area contributed by atoms with Crippen molar-refractivity contribution in [1.29, 1.82) is 0 Å². The van der Waals surface area contributed by atoms with Crippen LogP contribution in [0.15, 0.2) is 42.5 Å². The Balaban J connectivity index is 1.66. The maximum Gasteiger partial charge on any atom is 0.229 e. The van der Waals surface area contributed by atoms with Crippen molar-refractivity contribution in [2.24, 2.45) is 5.92 Å². The number of benzene rings is 2. The molecule has 0 bridgehead atoms. The van der Waals surface area contributed by atoms with E-state index < -0.39 is 5.92 Å². The standard InChI is InChI=1S/C18H15Cl2FN2O2/c19-13-5-6-14(20)16(8-13)22-18(25)12-7-17(24)23(10-12)9-11-3-1-2-4-15(11)21/h1-6,8,12H,7,9-10H2,(H,22,25). The lowest BCUT2D eigenvalue weighted by atomic mass is 10.1. The second-order valence-electron chi connectivity index (χ2n) is 5.88. The lowest BCUT2D eigenvalue weighted by Gasteiger charge is -2.17. The summed E-state index contributed by atoms with van der Waals surface area (Å²) >= 11 is 11.9. The van der Waals surface area contributed by atoms with E-state index in [-0.39, 0.29) is 37.1 Å². The quantitative estimate of drug-likeness (QED) is 0.866. The summed E-state index contributed by atoms with van der Waals surface area (Å²) < 4.78 is 13.8. The van der Waals surface area contributed by atoms with Gasteiger partial charge in [-0.2, -0.15) is 0 Å². The van der Waals surface area contributed by atoms with Crippen LogP contribution in [0.25, 0.3) is 0 Å². The number of amides is 2. The van der Waals surface area contributed by atoms with Crippen molar-refractivity contribution in [3.8, 4) is 0 Å². The van der Waals surface area contributed by atoms with Crippen LogP contribution in [0.1, 0.15) is 12.0 Å². The number of anilines is 1. The zero-order chi connectivity index (χ0) is 18.0. The van der Waals surface area contributed by atoms with Gasteiger partial charge in [-0.15, -0.1) is 0 Å². The van der Waals surface area contributed by atoms with Crippen LogP contribution in [0.4, 0.5) is 10.1 Å². The van der Waals surface area contributed by atoms with Gasteiger partial charge >= 0.3 is 0 Å². The molecule has 0 aliphatic carbocycles. The predicted octanol–water partition coefficient (Wildman–Crippen LogP) is 4.12. The molecule has 3 rings (SSSR count). The minimum Gasteiger partial charge on any atom is -0.337 e. The van der Waals surface area contributed by atoms with Crippen molar-refractivity contribution in [2.45, 2.75) is 13.0 Å². The number of nitrogens with one attached hydrogen (secondary N) is 1. The maximum absolute atomic E-state index is 13.8. The van der Waals surface area contributed by atoms with Gasteiger partial charge in [-0.25, -0.2) is 4.39 Å². The zero-order valence-electron chi connectivity index (χ0n) is 13.1. The van der Waals surface area contributed by atoms with Crippen LogP contribution in [-0.4, -0.2) is 23.3 Å². The Morgan fingerprint density at radius 1 is 1.24 bits per heavy atom. The number of hydrogen-bond donors (Lipinski definition) is 1. The molecule has 0 aromatic heterocycles. The molecule has 25 heavy (non-hydrogen) atoms.